The standard InChI is InChI=1S/C23H24N2O4S/c1-3-24(4-2)11-12-25-20(18-10-7-13-30-18)19(22(27)23(25)28)21(26)17-14-15-8-5-6-9-16(15)29-17/h5-10,13-14,20,27H,3-4,11-12H2,1-2H3/t20-/m0/s1. The van der Waals surface area contributed by atoms with Gasteiger partial charge < -0.3 is 19.3 Å². The van der Waals surface area contributed by atoms with Crippen LogP contribution in [0.4, 0.5) is 0 Å². The van der Waals surface area contributed by atoms with E-state index in [1.165, 1.54) is 11.3 Å². The number of aliphatic hydroxyl groups is 1. The second-order valence-electron chi connectivity index (χ2n) is 7.18. The fourth-order valence-corrected chi connectivity index (χ4v) is 4.72. The van der Waals surface area contributed by atoms with E-state index in [0.29, 0.717) is 18.7 Å². The molecule has 6 nitrogen and oxygen atoms in total. The van der Waals surface area contributed by atoms with Gasteiger partial charge in [0.1, 0.15) is 5.58 Å². The summed E-state index contributed by atoms with van der Waals surface area (Å²) in [5.74, 6) is -1.34. The molecule has 1 aromatic carbocycles. The number of benzene rings is 1. The van der Waals surface area contributed by atoms with Crippen LogP contribution in [0.5, 0.6) is 0 Å². The van der Waals surface area contributed by atoms with Gasteiger partial charge in [-0.3, -0.25) is 9.59 Å². The molecule has 1 amide bonds. The van der Waals surface area contributed by atoms with E-state index in [1.807, 2.05) is 35.7 Å². The van der Waals surface area contributed by atoms with Gasteiger partial charge in [0.05, 0.1) is 11.6 Å². The molecule has 1 aliphatic heterocycles. The van der Waals surface area contributed by atoms with Crippen LogP contribution in [-0.2, 0) is 4.79 Å². The van der Waals surface area contributed by atoms with E-state index in [9.17, 15) is 14.7 Å². The van der Waals surface area contributed by atoms with Crippen molar-refractivity contribution in [1.29, 1.82) is 0 Å². The lowest BCUT2D eigenvalue weighted by Gasteiger charge is -2.28. The first-order valence-corrected chi connectivity index (χ1v) is 11.0. The normalized spacial score (nSPS) is 17.0. The van der Waals surface area contributed by atoms with Crippen molar-refractivity contribution in [2.75, 3.05) is 26.2 Å². The summed E-state index contributed by atoms with van der Waals surface area (Å²) >= 11 is 1.46. The number of furan rings is 1. The van der Waals surface area contributed by atoms with Crippen LogP contribution in [0.15, 0.2) is 63.6 Å². The molecule has 0 spiro atoms. The number of aliphatic hydroxyl groups excluding tert-OH is 1. The van der Waals surface area contributed by atoms with Gasteiger partial charge in [-0.15, -0.1) is 11.3 Å². The van der Waals surface area contributed by atoms with Gasteiger partial charge in [0.2, 0.25) is 5.78 Å². The molecular formula is C23H24N2O4S. The van der Waals surface area contributed by atoms with E-state index < -0.39 is 23.5 Å². The Labute approximate surface area is 179 Å². The third-order valence-corrected chi connectivity index (χ3v) is 6.49. The number of rotatable bonds is 8. The van der Waals surface area contributed by atoms with Gasteiger partial charge >= 0.3 is 0 Å². The number of carbonyl (C=O) groups is 2. The van der Waals surface area contributed by atoms with Crippen LogP contribution in [0.2, 0.25) is 0 Å². The zero-order valence-corrected chi connectivity index (χ0v) is 17.8. The summed E-state index contributed by atoms with van der Waals surface area (Å²) in [4.78, 5) is 31.0. The van der Waals surface area contributed by atoms with Crippen molar-refractivity contribution in [3.63, 3.8) is 0 Å². The number of hydrogen-bond acceptors (Lipinski definition) is 6. The lowest BCUT2D eigenvalue weighted by molar-refractivity contribution is -0.129. The lowest BCUT2D eigenvalue weighted by atomic mass is 10.00. The number of para-hydroxylation sites is 1. The molecule has 2 aromatic heterocycles. The molecular weight excluding hydrogens is 400 g/mol. The maximum Gasteiger partial charge on any atom is 0.290 e. The number of thiophene rings is 1. The van der Waals surface area contributed by atoms with Crippen molar-refractivity contribution in [2.45, 2.75) is 19.9 Å². The molecule has 30 heavy (non-hydrogen) atoms. The van der Waals surface area contributed by atoms with E-state index >= 15 is 0 Å². The van der Waals surface area contributed by atoms with Crippen LogP contribution in [0.25, 0.3) is 11.0 Å². The summed E-state index contributed by atoms with van der Waals surface area (Å²) in [5, 5.41) is 13.4. The van der Waals surface area contributed by atoms with Crippen molar-refractivity contribution in [1.82, 2.24) is 9.80 Å². The largest absolute Gasteiger partial charge is 0.503 e. The Morgan fingerprint density at radius 2 is 1.97 bits per heavy atom. The van der Waals surface area contributed by atoms with Gasteiger partial charge in [-0.05, 0) is 36.7 Å². The number of nitrogens with zero attached hydrogens (tertiary/aromatic N) is 2. The third kappa shape index (κ3) is 3.55. The molecule has 1 N–H and O–H groups in total. The number of hydrogen-bond donors (Lipinski definition) is 1. The number of Topliss-reactive ketones (excluding diaryl/α,β-unsaturated/α-hetero) is 1. The van der Waals surface area contributed by atoms with Crippen molar-refractivity contribution in [2.24, 2.45) is 0 Å². The molecule has 0 fully saturated rings. The van der Waals surface area contributed by atoms with Gasteiger partial charge in [-0.1, -0.05) is 38.1 Å². The maximum atomic E-state index is 13.4. The molecule has 3 aromatic rings. The third-order valence-electron chi connectivity index (χ3n) is 5.56. The fourth-order valence-electron chi connectivity index (χ4n) is 3.87. The molecule has 0 aliphatic carbocycles. The average Bonchev–Trinajstić information content (AvgIpc) is 3.48. The van der Waals surface area contributed by atoms with Crippen molar-refractivity contribution in [3.8, 4) is 0 Å². The average molecular weight is 425 g/mol. The van der Waals surface area contributed by atoms with Crippen molar-refractivity contribution in [3.05, 3.63) is 69.8 Å². The van der Waals surface area contributed by atoms with Gasteiger partial charge in [-0.2, -0.15) is 0 Å². The predicted molar refractivity (Wildman–Crippen MR) is 117 cm³/mol. The molecule has 0 bridgehead atoms. The number of amides is 1. The fraction of sp³-hybridized carbons (Fsp3) is 0.304. The first kappa shape index (κ1) is 20.4. The van der Waals surface area contributed by atoms with Crippen LogP contribution in [-0.4, -0.2) is 52.8 Å². The molecule has 3 heterocycles. The molecule has 4 rings (SSSR count). The Hall–Kier alpha value is -2.90. The van der Waals surface area contributed by atoms with Crippen LogP contribution >= 0.6 is 11.3 Å². The van der Waals surface area contributed by atoms with Crippen LogP contribution < -0.4 is 0 Å². The highest BCUT2D eigenvalue weighted by atomic mass is 32.1. The van der Waals surface area contributed by atoms with Gasteiger partial charge in [0, 0.05) is 23.4 Å². The number of ketones is 1. The Balaban J connectivity index is 1.71. The molecule has 0 saturated carbocycles. The highest BCUT2D eigenvalue weighted by Gasteiger charge is 2.44. The molecule has 7 heteroatoms. The molecule has 0 unspecified atom stereocenters. The maximum absolute atomic E-state index is 13.4. The first-order valence-electron chi connectivity index (χ1n) is 10.1. The van der Waals surface area contributed by atoms with E-state index in [-0.39, 0.29) is 11.3 Å². The molecule has 1 aliphatic rings. The molecule has 0 saturated heterocycles. The number of carbonyl (C=O) groups excluding carboxylic acids is 2. The SMILES string of the molecule is CCN(CC)CCN1C(=O)C(O)=C(C(=O)c2cc3ccccc3o2)[C@@H]1c1cccs1. The monoisotopic (exact) mass is 424 g/mol. The summed E-state index contributed by atoms with van der Waals surface area (Å²) in [5.41, 5.74) is 0.678. The Morgan fingerprint density at radius 3 is 2.63 bits per heavy atom. The predicted octanol–water partition coefficient (Wildman–Crippen LogP) is 4.41. The van der Waals surface area contributed by atoms with E-state index in [4.69, 9.17) is 4.42 Å². The van der Waals surface area contributed by atoms with Gasteiger partial charge in [0.25, 0.3) is 5.91 Å². The van der Waals surface area contributed by atoms with Crippen LogP contribution in [0, 0.1) is 0 Å². The summed E-state index contributed by atoms with van der Waals surface area (Å²) in [7, 11) is 0. The van der Waals surface area contributed by atoms with Gasteiger partial charge in [-0.25, -0.2) is 0 Å². The zero-order valence-electron chi connectivity index (χ0n) is 17.0. The zero-order chi connectivity index (χ0) is 21.3. The molecule has 156 valence electrons. The van der Waals surface area contributed by atoms with Gasteiger partial charge in [0.15, 0.2) is 11.5 Å². The van der Waals surface area contributed by atoms with Crippen LogP contribution in [0.3, 0.4) is 0 Å². The minimum Gasteiger partial charge on any atom is -0.503 e. The second kappa shape index (κ2) is 8.45. The Morgan fingerprint density at radius 1 is 1.20 bits per heavy atom. The van der Waals surface area contributed by atoms with E-state index in [1.54, 1.807) is 17.0 Å². The lowest BCUT2D eigenvalue weighted by Crippen LogP contribution is -2.38. The smallest absolute Gasteiger partial charge is 0.290 e. The Bertz CT molecular complexity index is 1060. The highest BCUT2D eigenvalue weighted by Crippen LogP contribution is 2.41. The topological polar surface area (TPSA) is 74.0 Å². The van der Waals surface area contributed by atoms with Crippen molar-refractivity contribution >= 4 is 34.0 Å². The summed E-state index contributed by atoms with van der Waals surface area (Å²) in [6.07, 6.45) is 0. The highest BCUT2D eigenvalue weighted by molar-refractivity contribution is 7.10. The van der Waals surface area contributed by atoms with Crippen molar-refractivity contribution < 1.29 is 19.1 Å². The quantitative estimate of drug-likeness (QED) is 0.542. The minimum absolute atomic E-state index is 0.0843. The second-order valence-corrected chi connectivity index (χ2v) is 8.16. The van der Waals surface area contributed by atoms with E-state index in [2.05, 4.69) is 18.7 Å². The minimum atomic E-state index is -0.617. The number of fused-ring (bicyclic) bond motifs is 1. The van der Waals surface area contributed by atoms with E-state index in [0.717, 1.165) is 23.4 Å². The first-order chi connectivity index (χ1) is 14.5. The summed E-state index contributed by atoms with van der Waals surface area (Å²) < 4.78 is 5.73. The molecule has 0 radical (unpaired) electrons. The Kier molecular flexibility index (Phi) is 5.74. The number of likely N-dealkylation sites (N-methyl/N-ethyl adjacent to an activating group) is 1. The summed E-state index contributed by atoms with van der Waals surface area (Å²) in [6.45, 7) is 6.96. The van der Waals surface area contributed by atoms with Crippen LogP contribution in [0.1, 0.15) is 35.3 Å². The summed E-state index contributed by atoms with van der Waals surface area (Å²) in [6, 6.07) is 12.2. The molecule has 1 atom stereocenters.